The third-order valence-corrected chi connectivity index (χ3v) is 3.17. The van der Waals surface area contributed by atoms with E-state index in [9.17, 15) is 0 Å². The predicted octanol–water partition coefficient (Wildman–Crippen LogP) is 3.39. The van der Waals surface area contributed by atoms with Gasteiger partial charge in [0.05, 0.1) is 6.21 Å². The van der Waals surface area contributed by atoms with Gasteiger partial charge in [-0.1, -0.05) is 35.9 Å². The fourth-order valence-electron chi connectivity index (χ4n) is 1.89. The third-order valence-electron chi connectivity index (χ3n) is 2.94. The van der Waals surface area contributed by atoms with Crippen molar-refractivity contribution >= 4 is 17.8 Å². The van der Waals surface area contributed by atoms with Crippen molar-refractivity contribution in [3.63, 3.8) is 0 Å². The maximum absolute atomic E-state index is 5.97. The first-order valence-corrected chi connectivity index (χ1v) is 7.04. The molecule has 3 rings (SSSR count). The monoisotopic (exact) mass is 312 g/mol. The molecule has 0 fully saturated rings. The fourth-order valence-corrected chi connectivity index (χ4v) is 2.10. The Morgan fingerprint density at radius 3 is 2.73 bits per heavy atom. The summed E-state index contributed by atoms with van der Waals surface area (Å²) < 4.78 is 7.38. The summed E-state index contributed by atoms with van der Waals surface area (Å²) in [5.41, 5.74) is 1.89. The average molecular weight is 313 g/mol. The van der Waals surface area contributed by atoms with Crippen LogP contribution < -0.4 is 4.74 Å². The van der Waals surface area contributed by atoms with Gasteiger partial charge in [0.25, 0.3) is 0 Å². The molecule has 0 aliphatic heterocycles. The largest absolute Gasteiger partial charge is 0.488 e. The Morgan fingerprint density at radius 1 is 1.09 bits per heavy atom. The lowest BCUT2D eigenvalue weighted by molar-refractivity contribution is 0.306. The molecule has 0 spiro atoms. The maximum atomic E-state index is 5.97. The van der Waals surface area contributed by atoms with Gasteiger partial charge in [-0.2, -0.15) is 5.10 Å². The number of hydrogen-bond acceptors (Lipinski definition) is 4. The molecule has 0 bridgehead atoms. The van der Waals surface area contributed by atoms with Crippen molar-refractivity contribution in [1.29, 1.82) is 0 Å². The number of hydrogen-bond donors (Lipinski definition) is 0. The van der Waals surface area contributed by atoms with E-state index in [1.54, 1.807) is 6.21 Å². The lowest BCUT2D eigenvalue weighted by Crippen LogP contribution is -1.98. The van der Waals surface area contributed by atoms with Crippen LogP contribution in [0.1, 0.15) is 11.1 Å². The van der Waals surface area contributed by atoms with Crippen LogP contribution in [-0.4, -0.2) is 21.1 Å². The standard InChI is InChI=1S/C16H13ClN4O/c17-15-6-3-4-13(8-15)10-22-16-7-2-1-5-14(16)9-20-21-11-18-19-12-21/h1-9,11-12H,10H2/b20-9+. The van der Waals surface area contributed by atoms with Gasteiger partial charge in [-0.05, 0) is 29.8 Å². The molecular weight excluding hydrogens is 300 g/mol. The lowest BCUT2D eigenvalue weighted by Gasteiger charge is -2.09. The number of para-hydroxylation sites is 1. The molecule has 0 amide bonds. The van der Waals surface area contributed by atoms with Gasteiger partial charge in [-0.15, -0.1) is 10.2 Å². The van der Waals surface area contributed by atoms with E-state index in [-0.39, 0.29) is 0 Å². The molecule has 22 heavy (non-hydrogen) atoms. The van der Waals surface area contributed by atoms with Crippen LogP contribution in [0.4, 0.5) is 0 Å². The number of halogens is 1. The van der Waals surface area contributed by atoms with Crippen molar-refractivity contribution in [3.05, 3.63) is 77.3 Å². The van der Waals surface area contributed by atoms with Crippen LogP contribution in [0, 0.1) is 0 Å². The number of ether oxygens (including phenoxy) is 1. The minimum absolute atomic E-state index is 0.443. The molecule has 5 nitrogen and oxygen atoms in total. The van der Waals surface area contributed by atoms with Gasteiger partial charge in [0.2, 0.25) is 0 Å². The molecule has 0 atom stereocenters. The fraction of sp³-hybridized carbons (Fsp3) is 0.0625. The van der Waals surface area contributed by atoms with Gasteiger partial charge in [-0.3, -0.25) is 0 Å². The summed E-state index contributed by atoms with van der Waals surface area (Å²) >= 11 is 5.97. The minimum Gasteiger partial charge on any atom is -0.488 e. The van der Waals surface area contributed by atoms with Gasteiger partial charge < -0.3 is 4.74 Å². The molecule has 0 saturated carbocycles. The van der Waals surface area contributed by atoms with Crippen molar-refractivity contribution in [2.75, 3.05) is 0 Å². The third kappa shape index (κ3) is 3.71. The van der Waals surface area contributed by atoms with Crippen LogP contribution in [0.25, 0.3) is 0 Å². The van der Waals surface area contributed by atoms with Crippen LogP contribution >= 0.6 is 11.6 Å². The average Bonchev–Trinajstić information content (AvgIpc) is 3.05. The molecule has 1 heterocycles. The van der Waals surface area contributed by atoms with Crippen LogP contribution in [0.2, 0.25) is 5.02 Å². The first kappa shape index (κ1) is 14.3. The lowest BCUT2D eigenvalue weighted by atomic mass is 10.2. The first-order chi connectivity index (χ1) is 10.8. The number of rotatable bonds is 5. The topological polar surface area (TPSA) is 52.3 Å². The van der Waals surface area contributed by atoms with Gasteiger partial charge in [0, 0.05) is 10.6 Å². The van der Waals surface area contributed by atoms with Crippen LogP contribution in [0.5, 0.6) is 5.75 Å². The Labute approximate surface area is 132 Å². The second-order valence-electron chi connectivity index (χ2n) is 4.54. The van der Waals surface area contributed by atoms with E-state index in [2.05, 4.69) is 15.3 Å². The Kier molecular flexibility index (Phi) is 4.46. The second-order valence-corrected chi connectivity index (χ2v) is 4.98. The Bertz CT molecular complexity index is 771. The van der Waals surface area contributed by atoms with Gasteiger partial charge >= 0.3 is 0 Å². The molecular formula is C16H13ClN4O. The SMILES string of the molecule is Clc1cccc(COc2ccccc2/C=N/n2cnnc2)c1. The van der Waals surface area contributed by atoms with Crippen molar-refractivity contribution < 1.29 is 4.74 Å². The number of benzene rings is 2. The van der Waals surface area contributed by atoms with E-state index in [1.807, 2.05) is 48.5 Å². The Hall–Kier alpha value is -2.66. The highest BCUT2D eigenvalue weighted by molar-refractivity contribution is 6.30. The molecule has 0 N–H and O–H groups in total. The molecule has 110 valence electrons. The van der Waals surface area contributed by atoms with Crippen LogP contribution in [0.3, 0.4) is 0 Å². The van der Waals surface area contributed by atoms with E-state index < -0.39 is 0 Å². The summed E-state index contributed by atoms with van der Waals surface area (Å²) in [4.78, 5) is 0. The highest BCUT2D eigenvalue weighted by atomic mass is 35.5. The molecule has 0 radical (unpaired) electrons. The summed E-state index contributed by atoms with van der Waals surface area (Å²) in [6, 6.07) is 15.3. The van der Waals surface area contributed by atoms with Crippen LogP contribution in [0.15, 0.2) is 66.3 Å². The molecule has 0 aliphatic carbocycles. The molecule has 3 aromatic rings. The van der Waals surface area contributed by atoms with E-state index in [4.69, 9.17) is 16.3 Å². The first-order valence-electron chi connectivity index (χ1n) is 6.66. The molecule has 6 heteroatoms. The number of nitrogens with zero attached hydrogens (tertiary/aromatic N) is 4. The van der Waals surface area contributed by atoms with E-state index in [1.165, 1.54) is 17.3 Å². The summed E-state index contributed by atoms with van der Waals surface area (Å²) in [6.45, 7) is 0.443. The van der Waals surface area contributed by atoms with Gasteiger partial charge in [0.1, 0.15) is 25.0 Å². The smallest absolute Gasteiger partial charge is 0.141 e. The zero-order chi connectivity index (χ0) is 15.2. The maximum Gasteiger partial charge on any atom is 0.141 e. The quantitative estimate of drug-likeness (QED) is 0.679. The highest BCUT2D eigenvalue weighted by Crippen LogP contribution is 2.19. The van der Waals surface area contributed by atoms with Gasteiger partial charge in [-0.25, -0.2) is 4.68 Å². The molecule has 1 aromatic heterocycles. The van der Waals surface area contributed by atoms with Crippen molar-refractivity contribution in [2.45, 2.75) is 6.61 Å². The van der Waals surface area contributed by atoms with Gasteiger partial charge in [0.15, 0.2) is 0 Å². The highest BCUT2D eigenvalue weighted by Gasteiger charge is 2.02. The van der Waals surface area contributed by atoms with Crippen molar-refractivity contribution in [1.82, 2.24) is 14.9 Å². The van der Waals surface area contributed by atoms with E-state index >= 15 is 0 Å². The summed E-state index contributed by atoms with van der Waals surface area (Å²) in [5, 5.41) is 12.3. The van der Waals surface area contributed by atoms with Crippen molar-refractivity contribution in [3.8, 4) is 5.75 Å². The van der Waals surface area contributed by atoms with E-state index in [0.717, 1.165) is 16.9 Å². The molecule has 2 aromatic carbocycles. The zero-order valence-electron chi connectivity index (χ0n) is 11.6. The summed E-state index contributed by atoms with van der Waals surface area (Å²) in [7, 11) is 0. The van der Waals surface area contributed by atoms with E-state index in [0.29, 0.717) is 11.6 Å². The zero-order valence-corrected chi connectivity index (χ0v) is 12.4. The minimum atomic E-state index is 0.443. The molecule has 0 saturated heterocycles. The normalized spacial score (nSPS) is 11.0. The molecule has 0 aliphatic rings. The summed E-state index contributed by atoms with van der Waals surface area (Å²) in [5.74, 6) is 0.749. The van der Waals surface area contributed by atoms with Crippen LogP contribution in [-0.2, 0) is 6.61 Å². The number of aromatic nitrogens is 3. The molecule has 0 unspecified atom stereocenters. The Balaban J connectivity index is 1.74. The predicted molar refractivity (Wildman–Crippen MR) is 85.2 cm³/mol. The second kappa shape index (κ2) is 6.87. The Morgan fingerprint density at radius 2 is 1.91 bits per heavy atom. The summed E-state index contributed by atoms with van der Waals surface area (Å²) in [6.07, 6.45) is 4.74. The van der Waals surface area contributed by atoms with Crippen molar-refractivity contribution in [2.24, 2.45) is 5.10 Å².